The molecule has 1 atom stereocenters. The lowest BCUT2D eigenvalue weighted by molar-refractivity contribution is -0.129. The summed E-state index contributed by atoms with van der Waals surface area (Å²) in [5, 5.41) is 3.14. The molecule has 2 rings (SSSR count). The highest BCUT2D eigenvalue weighted by molar-refractivity contribution is 6.31. The van der Waals surface area contributed by atoms with Gasteiger partial charge in [0.25, 0.3) is 5.91 Å². The molecule has 0 bridgehead atoms. The van der Waals surface area contributed by atoms with Gasteiger partial charge in [0, 0.05) is 17.6 Å². The predicted molar refractivity (Wildman–Crippen MR) is 91.1 cm³/mol. The summed E-state index contributed by atoms with van der Waals surface area (Å²) in [5.74, 6) is -1.95. The average molecular weight is 366 g/mol. The summed E-state index contributed by atoms with van der Waals surface area (Å²) in [5.41, 5.74) is 0.462. The Labute approximate surface area is 149 Å². The number of nitrogens with one attached hydrogen (secondary N) is 1. The van der Waals surface area contributed by atoms with E-state index in [4.69, 9.17) is 21.1 Å². The smallest absolute Gasteiger partial charge is 0.341 e. The lowest BCUT2D eigenvalue weighted by Gasteiger charge is -2.14. The van der Waals surface area contributed by atoms with Gasteiger partial charge in [-0.15, -0.1) is 0 Å². The summed E-state index contributed by atoms with van der Waals surface area (Å²) in [7, 11) is 1.39. The minimum atomic E-state index is -1.09. The Morgan fingerprint density at radius 1 is 1.24 bits per heavy atom. The first-order chi connectivity index (χ1) is 11.9. The second-order valence-corrected chi connectivity index (χ2v) is 5.61. The lowest BCUT2D eigenvalue weighted by Crippen LogP contribution is -2.35. The van der Waals surface area contributed by atoms with Gasteiger partial charge in [-0.25, -0.2) is 9.18 Å². The van der Waals surface area contributed by atoms with E-state index in [9.17, 15) is 14.0 Å². The van der Waals surface area contributed by atoms with Gasteiger partial charge in [-0.3, -0.25) is 4.79 Å². The van der Waals surface area contributed by atoms with Crippen molar-refractivity contribution < 1.29 is 23.5 Å². The third-order valence-corrected chi connectivity index (χ3v) is 3.83. The van der Waals surface area contributed by atoms with Crippen molar-refractivity contribution in [1.82, 2.24) is 5.32 Å². The molecule has 0 aliphatic rings. The molecule has 0 unspecified atom stereocenters. The van der Waals surface area contributed by atoms with E-state index in [1.165, 1.54) is 26.2 Å². The Morgan fingerprint density at radius 3 is 2.60 bits per heavy atom. The minimum Gasteiger partial charge on any atom is -0.497 e. The van der Waals surface area contributed by atoms with E-state index in [-0.39, 0.29) is 17.9 Å². The van der Waals surface area contributed by atoms with Gasteiger partial charge in [-0.1, -0.05) is 29.8 Å². The molecule has 0 saturated carbocycles. The monoisotopic (exact) mass is 365 g/mol. The van der Waals surface area contributed by atoms with Crippen LogP contribution in [-0.4, -0.2) is 25.1 Å². The molecule has 132 valence electrons. The van der Waals surface area contributed by atoms with E-state index in [0.717, 1.165) is 11.6 Å². The van der Waals surface area contributed by atoms with Crippen molar-refractivity contribution in [3.63, 3.8) is 0 Å². The molecule has 0 spiro atoms. The van der Waals surface area contributed by atoms with Crippen molar-refractivity contribution >= 4 is 23.5 Å². The molecule has 0 radical (unpaired) electrons. The van der Waals surface area contributed by atoms with Gasteiger partial charge in [0.15, 0.2) is 6.10 Å². The number of carbonyl (C=O) groups is 2. The standard InChI is InChI=1S/C18H17ClFNO4/c1-11(17(22)21-10-12-5-3-4-6-15(12)19)25-18(23)14-8-7-13(24-2)9-16(14)20/h3-9,11H,10H2,1-2H3,(H,21,22)/t11-/m1/s1. The molecule has 2 aromatic rings. The van der Waals surface area contributed by atoms with Crippen molar-refractivity contribution in [2.75, 3.05) is 7.11 Å². The largest absolute Gasteiger partial charge is 0.497 e. The number of amides is 1. The Bertz CT molecular complexity index is 781. The van der Waals surface area contributed by atoms with Crippen molar-refractivity contribution in [3.8, 4) is 5.75 Å². The number of esters is 1. The van der Waals surface area contributed by atoms with Gasteiger partial charge >= 0.3 is 5.97 Å². The molecule has 0 aliphatic heterocycles. The number of hydrogen-bond donors (Lipinski definition) is 1. The number of rotatable bonds is 6. The molecule has 0 saturated heterocycles. The first kappa shape index (κ1) is 18.7. The van der Waals surface area contributed by atoms with Gasteiger partial charge in [0.2, 0.25) is 0 Å². The molecule has 1 N–H and O–H groups in total. The molecule has 5 nitrogen and oxygen atoms in total. The van der Waals surface area contributed by atoms with Crippen LogP contribution in [0, 0.1) is 5.82 Å². The molecule has 7 heteroatoms. The topological polar surface area (TPSA) is 64.6 Å². The number of ether oxygens (including phenoxy) is 2. The Morgan fingerprint density at radius 2 is 1.96 bits per heavy atom. The minimum absolute atomic E-state index is 0.192. The van der Waals surface area contributed by atoms with Gasteiger partial charge in [-0.2, -0.15) is 0 Å². The fourth-order valence-electron chi connectivity index (χ4n) is 2.03. The predicted octanol–water partition coefficient (Wildman–Crippen LogP) is 3.35. The normalized spacial score (nSPS) is 11.5. The van der Waals surface area contributed by atoms with Crippen molar-refractivity contribution in [2.24, 2.45) is 0 Å². The van der Waals surface area contributed by atoms with Gasteiger partial charge in [-0.05, 0) is 30.7 Å². The van der Waals surface area contributed by atoms with Crippen molar-refractivity contribution in [2.45, 2.75) is 19.6 Å². The second kappa shape index (κ2) is 8.48. The van der Waals surface area contributed by atoms with Crippen LogP contribution in [0.25, 0.3) is 0 Å². The number of benzene rings is 2. The Balaban J connectivity index is 1.94. The maximum Gasteiger partial charge on any atom is 0.341 e. The molecule has 2 aromatic carbocycles. The van der Waals surface area contributed by atoms with Crippen LogP contribution in [0.4, 0.5) is 4.39 Å². The SMILES string of the molecule is COc1ccc(C(=O)O[C@H](C)C(=O)NCc2ccccc2Cl)c(F)c1. The number of halogens is 2. The van der Waals surface area contributed by atoms with Crippen LogP contribution in [-0.2, 0) is 16.1 Å². The zero-order valence-electron chi connectivity index (χ0n) is 13.7. The fraction of sp³-hybridized carbons (Fsp3) is 0.222. The van der Waals surface area contributed by atoms with Crippen LogP contribution in [0.15, 0.2) is 42.5 Å². The Kier molecular flexibility index (Phi) is 6.36. The summed E-state index contributed by atoms with van der Waals surface area (Å²) < 4.78 is 23.7. The van der Waals surface area contributed by atoms with E-state index >= 15 is 0 Å². The van der Waals surface area contributed by atoms with Crippen LogP contribution in [0.2, 0.25) is 5.02 Å². The summed E-state index contributed by atoms with van der Waals surface area (Å²) in [4.78, 5) is 24.0. The third kappa shape index (κ3) is 4.93. The summed E-state index contributed by atoms with van der Waals surface area (Å²) in [6, 6.07) is 10.8. The fourth-order valence-corrected chi connectivity index (χ4v) is 2.24. The molecule has 0 aromatic heterocycles. The first-order valence-electron chi connectivity index (χ1n) is 7.48. The molecule has 1 amide bonds. The third-order valence-electron chi connectivity index (χ3n) is 3.46. The van der Waals surface area contributed by atoms with E-state index in [1.807, 2.05) is 0 Å². The average Bonchev–Trinajstić information content (AvgIpc) is 2.60. The summed E-state index contributed by atoms with van der Waals surface area (Å²) in [6.45, 7) is 1.60. The van der Waals surface area contributed by atoms with Crippen LogP contribution in [0.1, 0.15) is 22.8 Å². The number of carbonyl (C=O) groups excluding carboxylic acids is 2. The highest BCUT2D eigenvalue weighted by Crippen LogP contribution is 2.18. The summed E-state index contributed by atoms with van der Waals surface area (Å²) in [6.07, 6.45) is -1.09. The van der Waals surface area contributed by atoms with Crippen molar-refractivity contribution in [1.29, 1.82) is 0 Å². The molecule has 0 heterocycles. The number of methoxy groups -OCH3 is 1. The first-order valence-corrected chi connectivity index (χ1v) is 7.85. The Hall–Kier alpha value is -2.60. The highest BCUT2D eigenvalue weighted by Gasteiger charge is 2.21. The number of hydrogen-bond acceptors (Lipinski definition) is 4. The van der Waals surface area contributed by atoms with Crippen LogP contribution >= 0.6 is 11.6 Å². The zero-order valence-corrected chi connectivity index (χ0v) is 14.5. The second-order valence-electron chi connectivity index (χ2n) is 5.20. The molecule has 0 fully saturated rings. The molecular formula is C18H17ClFNO4. The summed E-state index contributed by atoms with van der Waals surface area (Å²) >= 11 is 6.01. The molecule has 0 aliphatic carbocycles. The molecular weight excluding hydrogens is 349 g/mol. The van der Waals surface area contributed by atoms with Crippen LogP contribution < -0.4 is 10.1 Å². The highest BCUT2D eigenvalue weighted by atomic mass is 35.5. The van der Waals surface area contributed by atoms with Crippen LogP contribution in [0.5, 0.6) is 5.75 Å². The van der Waals surface area contributed by atoms with Crippen LogP contribution in [0.3, 0.4) is 0 Å². The zero-order chi connectivity index (χ0) is 18.4. The van der Waals surface area contributed by atoms with E-state index in [1.54, 1.807) is 24.3 Å². The van der Waals surface area contributed by atoms with E-state index in [2.05, 4.69) is 5.32 Å². The quantitative estimate of drug-likeness (QED) is 0.797. The van der Waals surface area contributed by atoms with Gasteiger partial charge < -0.3 is 14.8 Å². The lowest BCUT2D eigenvalue weighted by atomic mass is 10.2. The van der Waals surface area contributed by atoms with Crippen molar-refractivity contribution in [3.05, 3.63) is 64.4 Å². The van der Waals surface area contributed by atoms with Gasteiger partial charge in [0.1, 0.15) is 11.6 Å². The van der Waals surface area contributed by atoms with E-state index in [0.29, 0.717) is 5.02 Å². The van der Waals surface area contributed by atoms with Gasteiger partial charge in [0.05, 0.1) is 12.7 Å². The molecule has 25 heavy (non-hydrogen) atoms. The maximum atomic E-state index is 13.9. The van der Waals surface area contributed by atoms with E-state index < -0.39 is 23.8 Å². The maximum absolute atomic E-state index is 13.9.